The molecule has 0 aliphatic heterocycles. The van der Waals surface area contributed by atoms with Gasteiger partial charge in [-0.1, -0.05) is 35.0 Å². The number of fused-ring (bicyclic) bond motifs is 1. The fourth-order valence-electron chi connectivity index (χ4n) is 3.29. The van der Waals surface area contributed by atoms with Crippen LogP contribution in [0.3, 0.4) is 0 Å². The second kappa shape index (κ2) is 10.7. The second-order valence-electron chi connectivity index (χ2n) is 7.44. The molecule has 1 heterocycles. The number of rotatable bonds is 9. The number of aromatic amines is 1. The monoisotopic (exact) mass is 539 g/mol. The molecule has 2 aromatic carbocycles. The molecule has 0 fully saturated rings. The van der Waals surface area contributed by atoms with Crippen molar-refractivity contribution in [2.45, 2.75) is 32.2 Å². The van der Waals surface area contributed by atoms with Gasteiger partial charge in [0, 0.05) is 28.3 Å². The lowest BCUT2D eigenvalue weighted by Crippen LogP contribution is -2.48. The van der Waals surface area contributed by atoms with Crippen LogP contribution in [0.4, 0.5) is 13.2 Å². The fourth-order valence-corrected chi connectivity index (χ4v) is 3.67. The van der Waals surface area contributed by atoms with Crippen LogP contribution in [0.2, 0.25) is 0 Å². The van der Waals surface area contributed by atoms with Gasteiger partial charge in [0.25, 0.3) is 5.91 Å². The molecule has 0 saturated carbocycles. The largest absolute Gasteiger partial charge is 0.573 e. The number of ether oxygens (including phenoxy) is 1. The first-order chi connectivity index (χ1) is 16.0. The van der Waals surface area contributed by atoms with Gasteiger partial charge < -0.3 is 20.4 Å². The Kier molecular flexibility index (Phi) is 7.98. The number of benzene rings is 2. The van der Waals surface area contributed by atoms with E-state index in [4.69, 9.17) is 0 Å². The summed E-state index contributed by atoms with van der Waals surface area (Å²) < 4.78 is 41.9. The third-order valence-electron chi connectivity index (χ3n) is 4.86. The summed E-state index contributed by atoms with van der Waals surface area (Å²) in [7, 11) is 0. The van der Waals surface area contributed by atoms with Crippen molar-refractivity contribution in [3.05, 3.63) is 64.3 Å². The maximum Gasteiger partial charge on any atom is 0.573 e. The number of ketones is 1. The molecule has 0 saturated heterocycles. The Morgan fingerprint density at radius 1 is 1.12 bits per heavy atom. The lowest BCUT2D eigenvalue weighted by molar-refractivity contribution is -0.274. The molecule has 0 spiro atoms. The molecule has 1 unspecified atom stereocenters. The van der Waals surface area contributed by atoms with E-state index in [1.807, 2.05) is 18.2 Å². The number of hydrogen-bond donors (Lipinski definition) is 3. The van der Waals surface area contributed by atoms with Crippen LogP contribution in [-0.4, -0.2) is 41.5 Å². The van der Waals surface area contributed by atoms with E-state index in [9.17, 15) is 27.6 Å². The predicted octanol–water partition coefficient (Wildman–Crippen LogP) is 4.27. The fraction of sp³-hybridized carbons (Fsp3) is 0.261. The summed E-state index contributed by atoms with van der Waals surface area (Å²) in [6, 6.07) is 11.2. The van der Waals surface area contributed by atoms with Crippen molar-refractivity contribution in [2.75, 3.05) is 6.54 Å². The van der Waals surface area contributed by atoms with Gasteiger partial charge in [0.1, 0.15) is 17.5 Å². The van der Waals surface area contributed by atoms with Gasteiger partial charge in [0.05, 0.1) is 6.42 Å². The van der Waals surface area contributed by atoms with Gasteiger partial charge in [-0.15, -0.1) is 13.2 Å². The van der Waals surface area contributed by atoms with Gasteiger partial charge in [-0.05, 0) is 42.0 Å². The Morgan fingerprint density at radius 2 is 1.88 bits per heavy atom. The van der Waals surface area contributed by atoms with Crippen molar-refractivity contribution in [1.82, 2.24) is 15.6 Å². The molecule has 1 atom stereocenters. The van der Waals surface area contributed by atoms with E-state index in [0.717, 1.165) is 27.5 Å². The number of amides is 2. The molecule has 1 aromatic heterocycles. The average Bonchev–Trinajstić information content (AvgIpc) is 3.18. The topological polar surface area (TPSA) is 100 Å². The molecule has 3 N–H and O–H groups in total. The zero-order chi connectivity index (χ0) is 24.9. The summed E-state index contributed by atoms with van der Waals surface area (Å²) in [6.07, 6.45) is -5.00. The minimum Gasteiger partial charge on any atom is -0.406 e. The Bertz CT molecular complexity index is 1210. The zero-order valence-corrected chi connectivity index (χ0v) is 19.5. The summed E-state index contributed by atoms with van der Waals surface area (Å²) in [5.41, 5.74) is 1.33. The van der Waals surface area contributed by atoms with Gasteiger partial charge in [0.2, 0.25) is 5.91 Å². The van der Waals surface area contributed by atoms with Crippen molar-refractivity contribution in [3.63, 3.8) is 0 Å². The Hall–Kier alpha value is -3.34. The highest BCUT2D eigenvalue weighted by Crippen LogP contribution is 2.23. The number of H-pyrrole nitrogens is 1. The molecule has 7 nitrogen and oxygen atoms in total. The van der Waals surface area contributed by atoms with Gasteiger partial charge in [-0.2, -0.15) is 0 Å². The quantitative estimate of drug-likeness (QED) is 0.378. The lowest BCUT2D eigenvalue weighted by Gasteiger charge is -2.18. The first kappa shape index (κ1) is 25.3. The minimum absolute atomic E-state index is 0.121. The first-order valence-electron chi connectivity index (χ1n) is 10.3. The lowest BCUT2D eigenvalue weighted by atomic mass is 10.1. The summed E-state index contributed by atoms with van der Waals surface area (Å²) in [4.78, 5) is 40.3. The molecule has 0 aliphatic rings. The summed E-state index contributed by atoms with van der Waals surface area (Å²) in [5.74, 6) is -1.78. The van der Waals surface area contributed by atoms with Crippen LogP contribution < -0.4 is 15.4 Å². The zero-order valence-electron chi connectivity index (χ0n) is 18.0. The van der Waals surface area contributed by atoms with E-state index in [1.165, 1.54) is 12.1 Å². The molecule has 34 heavy (non-hydrogen) atoms. The Balaban J connectivity index is 1.62. The number of aromatic nitrogens is 1. The van der Waals surface area contributed by atoms with Crippen molar-refractivity contribution < 1.29 is 32.3 Å². The van der Waals surface area contributed by atoms with Crippen molar-refractivity contribution in [2.24, 2.45) is 0 Å². The van der Waals surface area contributed by atoms with Gasteiger partial charge in [-0.3, -0.25) is 14.4 Å². The number of alkyl halides is 3. The van der Waals surface area contributed by atoms with Crippen molar-refractivity contribution >= 4 is 44.4 Å². The molecule has 3 aromatic rings. The van der Waals surface area contributed by atoms with Crippen LogP contribution >= 0.6 is 15.9 Å². The number of carbonyl (C=O) groups excluding carboxylic acids is 3. The Labute approximate surface area is 201 Å². The summed E-state index contributed by atoms with van der Waals surface area (Å²) in [6.45, 7) is 1.48. The molecular formula is C23H21BrF3N3O4. The maximum atomic E-state index is 12.6. The van der Waals surface area contributed by atoms with Gasteiger partial charge >= 0.3 is 6.36 Å². The van der Waals surface area contributed by atoms with E-state index in [0.29, 0.717) is 5.69 Å². The normalized spacial score (nSPS) is 12.3. The first-order valence-corrected chi connectivity index (χ1v) is 11.1. The van der Waals surface area contributed by atoms with Crippen LogP contribution in [0, 0.1) is 0 Å². The van der Waals surface area contributed by atoms with E-state index in [-0.39, 0.29) is 30.7 Å². The number of carbonyl (C=O) groups is 3. The smallest absolute Gasteiger partial charge is 0.406 e. The van der Waals surface area contributed by atoms with E-state index in [2.05, 4.69) is 36.3 Å². The van der Waals surface area contributed by atoms with E-state index < -0.39 is 30.0 Å². The van der Waals surface area contributed by atoms with Crippen LogP contribution in [0.25, 0.3) is 10.9 Å². The van der Waals surface area contributed by atoms with Crippen LogP contribution in [0.5, 0.6) is 5.75 Å². The molecule has 0 radical (unpaired) electrons. The summed E-state index contributed by atoms with van der Waals surface area (Å²) >= 11 is 3.37. The standard InChI is InChI=1S/C23H21BrF3N3O4/c1-2-20(31)19(12-28-22(33)18-11-14-10-15(24)6-7-17(14)29-18)30-21(32)9-13-4-3-5-16(8-13)34-23(25,26)27/h3-8,10-11,19,29H,2,9,12H2,1H3,(H,28,33)(H,30,32). The molecule has 0 bridgehead atoms. The molecule has 180 valence electrons. The van der Waals surface area contributed by atoms with E-state index >= 15 is 0 Å². The van der Waals surface area contributed by atoms with Crippen LogP contribution in [0.15, 0.2) is 53.0 Å². The van der Waals surface area contributed by atoms with Gasteiger partial charge in [-0.25, -0.2) is 0 Å². The highest BCUT2D eigenvalue weighted by molar-refractivity contribution is 9.10. The number of Topliss-reactive ketones (excluding diaryl/α,β-unsaturated/α-hetero) is 1. The molecule has 11 heteroatoms. The van der Waals surface area contributed by atoms with Crippen LogP contribution in [0.1, 0.15) is 29.4 Å². The van der Waals surface area contributed by atoms with Gasteiger partial charge in [0.15, 0.2) is 5.78 Å². The number of hydrogen-bond acceptors (Lipinski definition) is 4. The van der Waals surface area contributed by atoms with Crippen molar-refractivity contribution in [3.8, 4) is 5.75 Å². The number of halogens is 4. The predicted molar refractivity (Wildman–Crippen MR) is 122 cm³/mol. The highest BCUT2D eigenvalue weighted by atomic mass is 79.9. The molecular weight excluding hydrogens is 519 g/mol. The molecule has 0 aliphatic carbocycles. The van der Waals surface area contributed by atoms with E-state index in [1.54, 1.807) is 13.0 Å². The Morgan fingerprint density at radius 3 is 2.59 bits per heavy atom. The third-order valence-corrected chi connectivity index (χ3v) is 5.36. The average molecular weight is 540 g/mol. The SMILES string of the molecule is CCC(=O)C(CNC(=O)c1cc2cc(Br)ccc2[nH]1)NC(=O)Cc1cccc(OC(F)(F)F)c1. The minimum atomic E-state index is -4.85. The van der Waals surface area contributed by atoms with Crippen molar-refractivity contribution in [1.29, 1.82) is 0 Å². The molecule has 2 amide bonds. The third kappa shape index (κ3) is 7.08. The van der Waals surface area contributed by atoms with Crippen LogP contribution in [-0.2, 0) is 16.0 Å². The number of nitrogens with one attached hydrogen (secondary N) is 3. The maximum absolute atomic E-state index is 12.6. The highest BCUT2D eigenvalue weighted by Gasteiger charge is 2.31. The molecule has 3 rings (SSSR count). The summed E-state index contributed by atoms with van der Waals surface area (Å²) in [5, 5.41) is 6.00. The second-order valence-corrected chi connectivity index (χ2v) is 8.35.